The third kappa shape index (κ3) is 3.11. The largest absolute Gasteiger partial charge is 0.463 e. The number of furan rings is 1. The van der Waals surface area contributed by atoms with Gasteiger partial charge in [-0.05, 0) is 25.5 Å². The molecule has 1 fully saturated rings. The summed E-state index contributed by atoms with van der Waals surface area (Å²) in [5, 5.41) is 3.60. The molecular formula is C16H18F2N2O2. The van der Waals surface area contributed by atoms with E-state index in [-0.39, 0.29) is 18.5 Å². The number of nitrogens with zero attached hydrogens (tertiary/aromatic N) is 1. The number of nitrogens with one attached hydrogen (secondary N) is 1. The van der Waals surface area contributed by atoms with E-state index in [0.29, 0.717) is 24.2 Å². The van der Waals surface area contributed by atoms with Gasteiger partial charge in [-0.1, -0.05) is 18.2 Å². The van der Waals surface area contributed by atoms with E-state index in [0.717, 1.165) is 18.2 Å². The Labute approximate surface area is 127 Å². The molecule has 0 bridgehead atoms. The van der Waals surface area contributed by atoms with E-state index in [1.54, 1.807) is 11.0 Å². The minimum Gasteiger partial charge on any atom is -0.463 e. The molecule has 4 nitrogen and oxygen atoms in total. The highest BCUT2D eigenvalue weighted by molar-refractivity contribution is 6.05. The zero-order chi connectivity index (χ0) is 15.5. The van der Waals surface area contributed by atoms with E-state index in [2.05, 4.69) is 5.32 Å². The number of rotatable bonds is 5. The van der Waals surface area contributed by atoms with Crippen molar-refractivity contribution in [1.29, 1.82) is 0 Å². The van der Waals surface area contributed by atoms with E-state index < -0.39 is 6.43 Å². The average molecular weight is 308 g/mol. The number of hydrogen-bond acceptors (Lipinski definition) is 3. The molecule has 2 aromatic rings. The number of carbonyl (C=O) groups excluding carboxylic acids is 1. The number of hydrogen-bond donors (Lipinski definition) is 1. The molecule has 22 heavy (non-hydrogen) atoms. The molecule has 0 radical (unpaired) electrons. The van der Waals surface area contributed by atoms with Crippen LogP contribution in [-0.4, -0.2) is 42.9 Å². The molecule has 0 spiro atoms. The standard InChI is InChI=1S/C16H18F2N2O2/c17-15(18)9-20-7-3-4-11(20)8-19-16(21)13-10-22-14-6-2-1-5-12(13)14/h1-2,5-6,10-11,15H,3-4,7-9H2,(H,19,21). The van der Waals surface area contributed by atoms with Crippen LogP contribution in [0.1, 0.15) is 23.2 Å². The van der Waals surface area contributed by atoms with Crippen LogP contribution < -0.4 is 5.32 Å². The molecule has 3 rings (SSSR count). The Morgan fingerprint density at radius 3 is 3.05 bits per heavy atom. The van der Waals surface area contributed by atoms with Crippen LogP contribution in [0.5, 0.6) is 0 Å². The first-order chi connectivity index (χ1) is 10.6. The van der Waals surface area contributed by atoms with Gasteiger partial charge in [0.25, 0.3) is 12.3 Å². The Bertz CT molecular complexity index is 656. The van der Waals surface area contributed by atoms with Gasteiger partial charge in [0.1, 0.15) is 11.8 Å². The van der Waals surface area contributed by atoms with E-state index >= 15 is 0 Å². The normalized spacial score (nSPS) is 19.1. The Balaban J connectivity index is 1.62. The maximum absolute atomic E-state index is 12.5. The summed E-state index contributed by atoms with van der Waals surface area (Å²) in [6.07, 6.45) is 0.821. The lowest BCUT2D eigenvalue weighted by atomic mass is 10.1. The number of alkyl halides is 2. The molecule has 2 heterocycles. The first-order valence-corrected chi connectivity index (χ1v) is 7.42. The van der Waals surface area contributed by atoms with Crippen LogP contribution in [0.15, 0.2) is 34.9 Å². The fraction of sp³-hybridized carbons (Fsp3) is 0.438. The fourth-order valence-electron chi connectivity index (χ4n) is 3.00. The second kappa shape index (κ2) is 6.44. The lowest BCUT2D eigenvalue weighted by Crippen LogP contribution is -2.42. The smallest absolute Gasteiger partial charge is 0.255 e. The first-order valence-electron chi connectivity index (χ1n) is 7.42. The van der Waals surface area contributed by atoms with Crippen molar-refractivity contribution in [3.63, 3.8) is 0 Å². The van der Waals surface area contributed by atoms with Gasteiger partial charge >= 0.3 is 0 Å². The van der Waals surface area contributed by atoms with Crippen LogP contribution in [-0.2, 0) is 0 Å². The van der Waals surface area contributed by atoms with Gasteiger partial charge < -0.3 is 9.73 Å². The van der Waals surface area contributed by atoms with Gasteiger partial charge in [0.2, 0.25) is 0 Å². The summed E-state index contributed by atoms with van der Waals surface area (Å²) < 4.78 is 30.4. The van der Waals surface area contributed by atoms with Gasteiger partial charge in [-0.2, -0.15) is 0 Å². The summed E-state index contributed by atoms with van der Waals surface area (Å²) in [5.74, 6) is -0.228. The van der Waals surface area contributed by atoms with Gasteiger partial charge in [-0.25, -0.2) is 8.78 Å². The highest BCUT2D eigenvalue weighted by Crippen LogP contribution is 2.21. The zero-order valence-electron chi connectivity index (χ0n) is 12.1. The van der Waals surface area contributed by atoms with Crippen LogP contribution in [0.2, 0.25) is 0 Å². The van der Waals surface area contributed by atoms with Crippen LogP contribution in [0.4, 0.5) is 8.78 Å². The van der Waals surface area contributed by atoms with Crippen LogP contribution in [0.25, 0.3) is 11.0 Å². The Hall–Kier alpha value is -1.95. The Kier molecular flexibility index (Phi) is 4.38. The van der Waals surface area contributed by atoms with E-state index in [1.807, 2.05) is 18.2 Å². The number of fused-ring (bicyclic) bond motifs is 1. The lowest BCUT2D eigenvalue weighted by Gasteiger charge is -2.24. The maximum atomic E-state index is 12.5. The van der Waals surface area contributed by atoms with Crippen LogP contribution in [0.3, 0.4) is 0 Å². The highest BCUT2D eigenvalue weighted by Gasteiger charge is 2.27. The molecule has 1 aromatic heterocycles. The third-order valence-electron chi connectivity index (χ3n) is 4.10. The highest BCUT2D eigenvalue weighted by atomic mass is 19.3. The summed E-state index contributed by atoms with van der Waals surface area (Å²) >= 11 is 0. The van der Waals surface area contributed by atoms with Crippen molar-refractivity contribution >= 4 is 16.9 Å². The SMILES string of the molecule is O=C(NCC1CCCN1CC(F)F)c1coc2ccccc12. The summed E-state index contributed by atoms with van der Waals surface area (Å²) in [6.45, 7) is 0.819. The van der Waals surface area contributed by atoms with E-state index in [4.69, 9.17) is 4.42 Å². The monoisotopic (exact) mass is 308 g/mol. The quantitative estimate of drug-likeness (QED) is 0.924. The van der Waals surface area contributed by atoms with Gasteiger partial charge in [0.15, 0.2) is 0 Å². The molecule has 0 aliphatic carbocycles. The van der Waals surface area contributed by atoms with Crippen molar-refractivity contribution in [3.05, 3.63) is 36.1 Å². The Morgan fingerprint density at radius 1 is 1.41 bits per heavy atom. The summed E-state index contributed by atoms with van der Waals surface area (Å²) in [4.78, 5) is 14.0. The van der Waals surface area contributed by atoms with Crippen molar-refractivity contribution < 1.29 is 18.0 Å². The molecule has 1 amide bonds. The molecule has 0 saturated carbocycles. The minimum absolute atomic E-state index is 0.0175. The van der Waals surface area contributed by atoms with Crippen molar-refractivity contribution in [2.75, 3.05) is 19.6 Å². The number of likely N-dealkylation sites (tertiary alicyclic amines) is 1. The van der Waals surface area contributed by atoms with Crippen molar-refractivity contribution in [2.45, 2.75) is 25.3 Å². The molecule has 1 unspecified atom stereocenters. The second-order valence-electron chi connectivity index (χ2n) is 5.54. The van der Waals surface area contributed by atoms with E-state index in [1.165, 1.54) is 6.26 Å². The topological polar surface area (TPSA) is 45.5 Å². The molecule has 6 heteroatoms. The van der Waals surface area contributed by atoms with Crippen LogP contribution >= 0.6 is 0 Å². The number of benzene rings is 1. The number of halogens is 2. The maximum Gasteiger partial charge on any atom is 0.255 e. The molecular weight excluding hydrogens is 290 g/mol. The fourth-order valence-corrected chi connectivity index (χ4v) is 3.00. The average Bonchev–Trinajstić information content (AvgIpc) is 3.11. The second-order valence-corrected chi connectivity index (χ2v) is 5.54. The van der Waals surface area contributed by atoms with Gasteiger partial charge in [0, 0.05) is 18.0 Å². The van der Waals surface area contributed by atoms with Gasteiger partial charge in [0.05, 0.1) is 12.1 Å². The van der Waals surface area contributed by atoms with Crippen molar-refractivity contribution in [1.82, 2.24) is 10.2 Å². The number of para-hydroxylation sites is 1. The van der Waals surface area contributed by atoms with Crippen molar-refractivity contribution in [3.8, 4) is 0 Å². The molecule has 1 N–H and O–H groups in total. The number of amides is 1. The lowest BCUT2D eigenvalue weighted by molar-refractivity contribution is 0.0792. The van der Waals surface area contributed by atoms with Gasteiger partial charge in [-0.3, -0.25) is 9.69 Å². The summed E-state index contributed by atoms with van der Waals surface area (Å²) in [7, 11) is 0. The molecule has 1 aromatic carbocycles. The molecule has 1 saturated heterocycles. The van der Waals surface area contributed by atoms with Gasteiger partial charge in [-0.15, -0.1) is 0 Å². The van der Waals surface area contributed by atoms with E-state index in [9.17, 15) is 13.6 Å². The zero-order valence-corrected chi connectivity index (χ0v) is 12.1. The third-order valence-corrected chi connectivity index (χ3v) is 4.10. The first kappa shape index (κ1) is 15.0. The summed E-state index contributed by atoms with van der Waals surface area (Å²) in [6, 6.07) is 7.29. The molecule has 1 aliphatic rings. The minimum atomic E-state index is -2.34. The summed E-state index contributed by atoms with van der Waals surface area (Å²) in [5.41, 5.74) is 1.14. The Morgan fingerprint density at radius 2 is 2.23 bits per heavy atom. The van der Waals surface area contributed by atoms with Crippen molar-refractivity contribution in [2.24, 2.45) is 0 Å². The predicted octanol–water partition coefficient (Wildman–Crippen LogP) is 2.89. The molecule has 118 valence electrons. The number of carbonyl (C=O) groups is 1. The molecule has 1 aliphatic heterocycles. The molecule has 1 atom stereocenters. The van der Waals surface area contributed by atoms with Crippen LogP contribution in [0, 0.1) is 0 Å². The predicted molar refractivity (Wildman–Crippen MR) is 79.1 cm³/mol.